The first kappa shape index (κ1) is 17.2. The van der Waals surface area contributed by atoms with E-state index in [1.54, 1.807) is 6.08 Å². The third-order valence-corrected chi connectivity index (χ3v) is 3.39. The topological polar surface area (TPSA) is 30.7 Å². The minimum Gasteiger partial charge on any atom is -0.331 e. The second kappa shape index (κ2) is 8.40. The van der Waals surface area contributed by atoms with Crippen molar-refractivity contribution in [2.75, 3.05) is 0 Å². The second-order valence-electron chi connectivity index (χ2n) is 4.67. The molecule has 114 valence electrons. The monoisotopic (exact) mass is 285 g/mol. The Morgan fingerprint density at radius 2 is 2.05 bits per heavy atom. The average Bonchev–Trinajstić information content (AvgIpc) is 2.84. The SMILES string of the molecule is C=C/C=c1/ncc2nc(CCCC)n(C)c2/c1=C/C.CC. The van der Waals surface area contributed by atoms with Crippen LogP contribution in [-0.4, -0.2) is 14.5 Å². The summed E-state index contributed by atoms with van der Waals surface area (Å²) in [6.45, 7) is 12.0. The second-order valence-corrected chi connectivity index (χ2v) is 4.67. The zero-order valence-electron chi connectivity index (χ0n) is 14.0. The summed E-state index contributed by atoms with van der Waals surface area (Å²) in [5.41, 5.74) is 2.14. The van der Waals surface area contributed by atoms with Crippen LogP contribution in [0.25, 0.3) is 23.2 Å². The largest absolute Gasteiger partial charge is 0.331 e. The number of pyridine rings is 1. The number of hydrogen-bond acceptors (Lipinski definition) is 2. The van der Waals surface area contributed by atoms with Crippen LogP contribution in [-0.2, 0) is 13.5 Å². The first-order chi connectivity index (χ1) is 10.2. The summed E-state index contributed by atoms with van der Waals surface area (Å²) in [5, 5.41) is 2.09. The van der Waals surface area contributed by atoms with Crippen molar-refractivity contribution in [2.45, 2.75) is 47.0 Å². The van der Waals surface area contributed by atoms with Gasteiger partial charge in [-0.3, -0.25) is 4.98 Å². The first-order valence-corrected chi connectivity index (χ1v) is 7.82. The van der Waals surface area contributed by atoms with E-state index in [1.165, 1.54) is 12.8 Å². The molecule has 0 spiro atoms. The van der Waals surface area contributed by atoms with Gasteiger partial charge in [-0.1, -0.05) is 45.9 Å². The Kier molecular flexibility index (Phi) is 6.86. The van der Waals surface area contributed by atoms with Crippen molar-refractivity contribution in [3.05, 3.63) is 35.2 Å². The number of allylic oxidation sites excluding steroid dienone is 1. The molecule has 2 rings (SSSR count). The van der Waals surface area contributed by atoms with E-state index in [2.05, 4.69) is 36.2 Å². The van der Waals surface area contributed by atoms with Crippen molar-refractivity contribution in [3.63, 3.8) is 0 Å². The lowest BCUT2D eigenvalue weighted by molar-refractivity contribution is 0.719. The van der Waals surface area contributed by atoms with Crippen molar-refractivity contribution >= 4 is 23.2 Å². The molecule has 0 aliphatic rings. The number of hydrogen-bond donors (Lipinski definition) is 0. The molecule has 0 atom stereocenters. The van der Waals surface area contributed by atoms with E-state index in [-0.39, 0.29) is 0 Å². The molecule has 0 aliphatic heterocycles. The highest BCUT2D eigenvalue weighted by Crippen LogP contribution is 2.11. The summed E-state index contributed by atoms with van der Waals surface area (Å²) >= 11 is 0. The van der Waals surface area contributed by atoms with Crippen LogP contribution >= 0.6 is 0 Å². The quantitative estimate of drug-likeness (QED) is 0.864. The molecule has 0 bridgehead atoms. The summed E-state index contributed by atoms with van der Waals surface area (Å²) in [4.78, 5) is 9.17. The van der Waals surface area contributed by atoms with Gasteiger partial charge in [0, 0.05) is 18.7 Å². The van der Waals surface area contributed by atoms with Crippen LogP contribution in [0.3, 0.4) is 0 Å². The van der Waals surface area contributed by atoms with Crippen LogP contribution in [0.1, 0.15) is 46.4 Å². The lowest BCUT2D eigenvalue weighted by Gasteiger charge is -2.01. The van der Waals surface area contributed by atoms with E-state index >= 15 is 0 Å². The maximum absolute atomic E-state index is 4.70. The van der Waals surface area contributed by atoms with Crippen LogP contribution < -0.4 is 10.6 Å². The van der Waals surface area contributed by atoms with Gasteiger partial charge in [0.2, 0.25) is 0 Å². The van der Waals surface area contributed by atoms with Gasteiger partial charge in [-0.05, 0) is 19.4 Å². The number of aromatic nitrogens is 3. The highest BCUT2D eigenvalue weighted by molar-refractivity contribution is 5.76. The number of rotatable bonds is 4. The number of fused-ring (bicyclic) bond motifs is 1. The third-order valence-electron chi connectivity index (χ3n) is 3.39. The maximum Gasteiger partial charge on any atom is 0.109 e. The summed E-state index contributed by atoms with van der Waals surface area (Å²) in [5.74, 6) is 1.14. The molecule has 0 radical (unpaired) electrons. The van der Waals surface area contributed by atoms with Crippen molar-refractivity contribution in [2.24, 2.45) is 7.05 Å². The molecule has 0 aromatic carbocycles. The maximum atomic E-state index is 4.70. The van der Waals surface area contributed by atoms with Gasteiger partial charge in [-0.15, -0.1) is 0 Å². The normalized spacial score (nSPS) is 12.4. The Hall–Kier alpha value is -1.90. The van der Waals surface area contributed by atoms with Crippen LogP contribution in [0, 0.1) is 0 Å². The average molecular weight is 285 g/mol. The minimum atomic E-state index is 0.954. The molecule has 3 heteroatoms. The molecule has 0 amide bonds. The number of aryl methyl sites for hydroxylation is 2. The lowest BCUT2D eigenvalue weighted by atomic mass is 10.2. The standard InChI is InChI=1S/C16H21N3.C2H6/c1-5-8-10-15-18-14-11-17-13(9-6-2)12(7-3)16(14)19(15)4;1-2/h6-7,9,11H,2,5,8,10H2,1,3-4H3;1-2H3/b12-7+,13-9+;. The number of imidazole rings is 1. The molecule has 0 aliphatic carbocycles. The molecule has 0 fully saturated rings. The Morgan fingerprint density at radius 1 is 1.33 bits per heavy atom. The molecule has 0 unspecified atom stereocenters. The van der Waals surface area contributed by atoms with Gasteiger partial charge in [0.15, 0.2) is 0 Å². The van der Waals surface area contributed by atoms with Crippen LogP contribution in [0.2, 0.25) is 0 Å². The van der Waals surface area contributed by atoms with Gasteiger partial charge in [-0.2, -0.15) is 0 Å². The fraction of sp³-hybridized carbons (Fsp3) is 0.444. The Morgan fingerprint density at radius 3 is 2.62 bits per heavy atom. The fourth-order valence-corrected chi connectivity index (χ4v) is 2.39. The van der Waals surface area contributed by atoms with E-state index < -0.39 is 0 Å². The van der Waals surface area contributed by atoms with Crippen LogP contribution in [0.4, 0.5) is 0 Å². The molecule has 21 heavy (non-hydrogen) atoms. The zero-order chi connectivity index (χ0) is 15.8. The molecule has 0 saturated carbocycles. The molecule has 0 N–H and O–H groups in total. The molecule has 2 aromatic heterocycles. The number of unbranched alkanes of at least 4 members (excludes halogenated alkanes) is 1. The van der Waals surface area contributed by atoms with Gasteiger partial charge in [-0.25, -0.2) is 4.98 Å². The van der Waals surface area contributed by atoms with E-state index in [1.807, 2.05) is 33.0 Å². The predicted molar refractivity (Wildman–Crippen MR) is 92.5 cm³/mol. The zero-order valence-corrected chi connectivity index (χ0v) is 14.0. The van der Waals surface area contributed by atoms with Crippen molar-refractivity contribution in [3.8, 4) is 0 Å². The van der Waals surface area contributed by atoms with E-state index in [0.29, 0.717) is 0 Å². The summed E-state index contributed by atoms with van der Waals surface area (Å²) in [6.07, 6.45) is 11.0. The van der Waals surface area contributed by atoms with Crippen molar-refractivity contribution in [1.82, 2.24) is 14.5 Å². The van der Waals surface area contributed by atoms with Crippen molar-refractivity contribution in [1.29, 1.82) is 0 Å². The summed E-state index contributed by atoms with van der Waals surface area (Å²) in [7, 11) is 2.09. The van der Waals surface area contributed by atoms with E-state index in [0.717, 1.165) is 33.8 Å². The predicted octanol–water partition coefficient (Wildman–Crippen LogP) is 3.10. The van der Waals surface area contributed by atoms with E-state index in [9.17, 15) is 0 Å². The van der Waals surface area contributed by atoms with Gasteiger partial charge < -0.3 is 4.57 Å². The highest BCUT2D eigenvalue weighted by Gasteiger charge is 2.09. The fourth-order valence-electron chi connectivity index (χ4n) is 2.39. The molecular weight excluding hydrogens is 258 g/mol. The summed E-state index contributed by atoms with van der Waals surface area (Å²) in [6, 6.07) is 0. The smallest absolute Gasteiger partial charge is 0.109 e. The molecule has 3 nitrogen and oxygen atoms in total. The molecule has 0 saturated heterocycles. The highest BCUT2D eigenvalue weighted by atomic mass is 15.1. The van der Waals surface area contributed by atoms with Crippen molar-refractivity contribution < 1.29 is 0 Å². The van der Waals surface area contributed by atoms with Crippen LogP contribution in [0.15, 0.2) is 18.9 Å². The van der Waals surface area contributed by atoms with Gasteiger partial charge in [0.05, 0.1) is 17.1 Å². The Labute approximate surface area is 127 Å². The molecule has 2 aromatic rings. The van der Waals surface area contributed by atoms with Gasteiger partial charge in [0.25, 0.3) is 0 Å². The third kappa shape index (κ3) is 3.60. The Balaban J connectivity index is 0.00000106. The summed E-state index contributed by atoms with van der Waals surface area (Å²) < 4.78 is 2.20. The lowest BCUT2D eigenvalue weighted by Crippen LogP contribution is -2.29. The Bertz CT molecular complexity index is 708. The van der Waals surface area contributed by atoms with Gasteiger partial charge in [0.1, 0.15) is 11.3 Å². The van der Waals surface area contributed by atoms with E-state index in [4.69, 9.17) is 4.98 Å². The molecule has 2 heterocycles. The first-order valence-electron chi connectivity index (χ1n) is 7.82. The van der Waals surface area contributed by atoms with Crippen LogP contribution in [0.5, 0.6) is 0 Å². The number of nitrogens with zero attached hydrogens (tertiary/aromatic N) is 3. The van der Waals surface area contributed by atoms with Gasteiger partial charge >= 0.3 is 0 Å². The minimum absolute atomic E-state index is 0.954. The molecular formula is C18H27N3.